The lowest BCUT2D eigenvalue weighted by atomic mass is 10.2. The Labute approximate surface area is 137 Å². The molecule has 0 saturated heterocycles. The molecule has 0 radical (unpaired) electrons. The lowest BCUT2D eigenvalue weighted by molar-refractivity contribution is -0.128. The topological polar surface area (TPSA) is 83.0 Å². The first-order valence-electron chi connectivity index (χ1n) is 6.90. The van der Waals surface area contributed by atoms with Gasteiger partial charge in [0, 0.05) is 13.6 Å². The number of hydrogen-bond donors (Lipinski definition) is 0. The van der Waals surface area contributed by atoms with Crippen molar-refractivity contribution in [2.75, 3.05) is 13.6 Å². The summed E-state index contributed by atoms with van der Waals surface area (Å²) in [5.41, 5.74) is 0.219. The Balaban J connectivity index is 2.03. The Kier molecular flexibility index (Phi) is 5.71. The number of thioether (sulfide) groups is 1. The molecule has 23 heavy (non-hydrogen) atoms. The molecule has 0 fully saturated rings. The molecule has 0 spiro atoms. The molecule has 120 valence electrons. The van der Waals surface area contributed by atoms with Crippen LogP contribution in [0.15, 0.2) is 33.9 Å². The minimum Gasteiger partial charge on any atom is -0.411 e. The Bertz CT molecular complexity index is 728. The number of aromatic nitrogens is 2. The average molecular weight is 334 g/mol. The Morgan fingerprint density at radius 2 is 2.22 bits per heavy atom. The highest BCUT2D eigenvalue weighted by Crippen LogP contribution is 2.27. The van der Waals surface area contributed by atoms with E-state index >= 15 is 0 Å². The number of carbonyl (C=O) groups is 1. The minimum atomic E-state index is -0.451. The predicted molar refractivity (Wildman–Crippen MR) is 82.9 cm³/mol. The fourth-order valence-corrected chi connectivity index (χ4v) is 2.64. The molecule has 8 heteroatoms. The summed E-state index contributed by atoms with van der Waals surface area (Å²) >= 11 is 1.10. The van der Waals surface area contributed by atoms with E-state index in [1.165, 1.54) is 11.0 Å². The van der Waals surface area contributed by atoms with Gasteiger partial charge in [0.2, 0.25) is 5.91 Å². The third-order valence-electron chi connectivity index (χ3n) is 3.07. The van der Waals surface area contributed by atoms with Crippen molar-refractivity contribution in [2.45, 2.75) is 23.8 Å². The van der Waals surface area contributed by atoms with Crippen LogP contribution in [0.1, 0.15) is 13.3 Å². The highest BCUT2D eigenvalue weighted by molar-refractivity contribution is 8.00. The van der Waals surface area contributed by atoms with E-state index < -0.39 is 11.1 Å². The predicted octanol–water partition coefficient (Wildman–Crippen LogP) is 2.73. The first-order valence-corrected chi connectivity index (χ1v) is 7.78. The molecule has 1 aromatic carbocycles. The second-order valence-electron chi connectivity index (χ2n) is 4.78. The first kappa shape index (κ1) is 17.0. The van der Waals surface area contributed by atoms with E-state index in [1.54, 1.807) is 32.2 Å². The quantitative estimate of drug-likeness (QED) is 0.755. The van der Waals surface area contributed by atoms with E-state index in [1.807, 2.05) is 6.07 Å². The summed E-state index contributed by atoms with van der Waals surface area (Å²) in [6.07, 6.45) is 0.275. The van der Waals surface area contributed by atoms with Crippen LogP contribution in [0.3, 0.4) is 0 Å². The summed E-state index contributed by atoms with van der Waals surface area (Å²) in [7, 11) is 1.63. The van der Waals surface area contributed by atoms with E-state index in [2.05, 4.69) is 10.2 Å². The van der Waals surface area contributed by atoms with Gasteiger partial charge in [-0.05, 0) is 19.1 Å². The van der Waals surface area contributed by atoms with Crippen molar-refractivity contribution in [3.05, 3.63) is 30.1 Å². The van der Waals surface area contributed by atoms with Gasteiger partial charge in [-0.1, -0.05) is 23.9 Å². The van der Waals surface area contributed by atoms with Gasteiger partial charge in [-0.25, -0.2) is 4.39 Å². The van der Waals surface area contributed by atoms with E-state index in [4.69, 9.17) is 9.68 Å². The molecule has 0 aliphatic heterocycles. The highest BCUT2D eigenvalue weighted by atomic mass is 32.2. The van der Waals surface area contributed by atoms with Gasteiger partial charge >= 0.3 is 0 Å². The van der Waals surface area contributed by atoms with Gasteiger partial charge in [0.05, 0.1) is 23.3 Å². The van der Waals surface area contributed by atoms with Gasteiger partial charge in [0.15, 0.2) is 0 Å². The van der Waals surface area contributed by atoms with E-state index in [-0.39, 0.29) is 29.0 Å². The minimum absolute atomic E-state index is 0.0723. The van der Waals surface area contributed by atoms with Crippen LogP contribution in [0, 0.1) is 17.1 Å². The van der Waals surface area contributed by atoms with Gasteiger partial charge in [0.25, 0.3) is 11.1 Å². The molecule has 1 heterocycles. The third kappa shape index (κ3) is 4.29. The Hall–Kier alpha value is -2.40. The van der Waals surface area contributed by atoms with Gasteiger partial charge < -0.3 is 9.32 Å². The number of carbonyl (C=O) groups excluding carboxylic acids is 1. The van der Waals surface area contributed by atoms with Crippen LogP contribution in [0.25, 0.3) is 11.5 Å². The second-order valence-corrected chi connectivity index (χ2v) is 6.07. The molecule has 0 aliphatic carbocycles. The molecule has 1 aromatic heterocycles. The van der Waals surface area contributed by atoms with Crippen LogP contribution in [-0.4, -0.2) is 39.8 Å². The summed E-state index contributed by atoms with van der Waals surface area (Å²) in [6, 6.07) is 8.09. The Morgan fingerprint density at radius 1 is 1.48 bits per heavy atom. The van der Waals surface area contributed by atoms with Crippen LogP contribution in [0.4, 0.5) is 4.39 Å². The maximum atomic E-state index is 13.7. The fourth-order valence-electron chi connectivity index (χ4n) is 1.84. The third-order valence-corrected chi connectivity index (χ3v) is 3.99. The van der Waals surface area contributed by atoms with E-state index in [0.717, 1.165) is 11.8 Å². The molecule has 6 nitrogen and oxygen atoms in total. The van der Waals surface area contributed by atoms with E-state index in [0.29, 0.717) is 6.54 Å². The average Bonchev–Trinajstić information content (AvgIpc) is 3.00. The molecule has 1 amide bonds. The summed E-state index contributed by atoms with van der Waals surface area (Å²) in [5.74, 6) is -0.521. The number of halogens is 1. The summed E-state index contributed by atoms with van der Waals surface area (Å²) in [5, 5.41) is 15.9. The number of nitrogens with zero attached hydrogens (tertiary/aromatic N) is 4. The van der Waals surface area contributed by atoms with Gasteiger partial charge in [-0.2, -0.15) is 5.26 Å². The molecule has 0 unspecified atom stereocenters. The number of amides is 1. The molecular weight excluding hydrogens is 319 g/mol. The van der Waals surface area contributed by atoms with Gasteiger partial charge in [0.1, 0.15) is 5.82 Å². The number of nitriles is 1. The van der Waals surface area contributed by atoms with Crippen LogP contribution >= 0.6 is 11.8 Å². The van der Waals surface area contributed by atoms with Crippen molar-refractivity contribution in [1.29, 1.82) is 5.26 Å². The molecular formula is C15H15FN4O2S. The monoisotopic (exact) mass is 334 g/mol. The maximum absolute atomic E-state index is 13.7. The molecule has 1 atom stereocenters. The second kappa shape index (κ2) is 7.74. The standard InChI is InChI=1S/C15H15FN4O2S/c1-10(14(21)20(2)9-5-8-17)23-15-19-18-13(22-15)11-6-3-4-7-12(11)16/h3-4,6-7,10H,5,9H2,1-2H3/t10-/m0/s1. The first-order chi connectivity index (χ1) is 11.0. The number of hydrogen-bond acceptors (Lipinski definition) is 6. The number of rotatable bonds is 6. The van der Waals surface area contributed by atoms with Crippen molar-refractivity contribution in [3.63, 3.8) is 0 Å². The largest absolute Gasteiger partial charge is 0.411 e. The van der Waals surface area contributed by atoms with Crippen LogP contribution in [-0.2, 0) is 4.79 Å². The zero-order valence-electron chi connectivity index (χ0n) is 12.7. The number of benzene rings is 1. The van der Waals surface area contributed by atoms with Crippen molar-refractivity contribution in [1.82, 2.24) is 15.1 Å². The van der Waals surface area contributed by atoms with Crippen LogP contribution in [0.2, 0.25) is 0 Å². The van der Waals surface area contributed by atoms with E-state index in [9.17, 15) is 9.18 Å². The highest BCUT2D eigenvalue weighted by Gasteiger charge is 2.22. The summed E-state index contributed by atoms with van der Waals surface area (Å²) in [4.78, 5) is 13.6. The maximum Gasteiger partial charge on any atom is 0.277 e. The van der Waals surface area contributed by atoms with Crippen LogP contribution < -0.4 is 0 Å². The summed E-state index contributed by atoms with van der Waals surface area (Å²) < 4.78 is 19.1. The van der Waals surface area contributed by atoms with Crippen LogP contribution in [0.5, 0.6) is 0 Å². The molecule has 2 aromatic rings. The van der Waals surface area contributed by atoms with Crippen molar-refractivity contribution < 1.29 is 13.6 Å². The van der Waals surface area contributed by atoms with Crippen molar-refractivity contribution in [2.24, 2.45) is 0 Å². The molecule has 0 N–H and O–H groups in total. The zero-order chi connectivity index (χ0) is 16.8. The lowest BCUT2D eigenvalue weighted by Gasteiger charge is -2.18. The normalized spacial score (nSPS) is 11.7. The molecule has 0 saturated carbocycles. The molecule has 0 aliphatic rings. The molecule has 0 bridgehead atoms. The van der Waals surface area contributed by atoms with Crippen molar-refractivity contribution >= 4 is 17.7 Å². The van der Waals surface area contributed by atoms with Gasteiger partial charge in [-0.15, -0.1) is 10.2 Å². The fraction of sp³-hybridized carbons (Fsp3) is 0.333. The lowest BCUT2D eigenvalue weighted by Crippen LogP contribution is -2.33. The molecule has 2 rings (SSSR count). The summed E-state index contributed by atoms with van der Waals surface area (Å²) in [6.45, 7) is 2.08. The Morgan fingerprint density at radius 3 is 2.91 bits per heavy atom. The zero-order valence-corrected chi connectivity index (χ0v) is 13.5. The SMILES string of the molecule is C[C@H](Sc1nnc(-c2ccccc2F)o1)C(=O)N(C)CCC#N. The van der Waals surface area contributed by atoms with Gasteiger partial charge in [-0.3, -0.25) is 4.79 Å². The smallest absolute Gasteiger partial charge is 0.277 e. The van der Waals surface area contributed by atoms with Crippen molar-refractivity contribution in [3.8, 4) is 17.5 Å².